The fraction of sp³-hybridized carbons (Fsp3) is 0.133. The molecule has 0 spiro atoms. The molecule has 3 rings (SSSR count). The number of ether oxygens (including phenoxy) is 1. The molecule has 0 amide bonds. The van der Waals surface area contributed by atoms with E-state index in [1.807, 2.05) is 25.2 Å². The average molecular weight is 301 g/mol. The molecular formula is C15H13ClN4O. The van der Waals surface area contributed by atoms with Gasteiger partial charge in [-0.3, -0.25) is 4.98 Å². The molecule has 106 valence electrons. The Labute approximate surface area is 127 Å². The number of nitrogens with one attached hydrogen (secondary N) is 1. The van der Waals surface area contributed by atoms with Crippen molar-refractivity contribution in [3.63, 3.8) is 0 Å². The van der Waals surface area contributed by atoms with Crippen molar-refractivity contribution in [3.05, 3.63) is 41.7 Å². The van der Waals surface area contributed by atoms with Crippen molar-refractivity contribution in [2.45, 2.75) is 0 Å². The number of rotatable bonds is 3. The van der Waals surface area contributed by atoms with Gasteiger partial charge in [0, 0.05) is 30.4 Å². The molecule has 0 unspecified atom stereocenters. The van der Waals surface area contributed by atoms with Crippen LogP contribution in [0.3, 0.4) is 0 Å². The van der Waals surface area contributed by atoms with Gasteiger partial charge >= 0.3 is 0 Å². The Kier molecular flexibility index (Phi) is 3.58. The van der Waals surface area contributed by atoms with Crippen LogP contribution in [0.4, 0.5) is 5.82 Å². The molecule has 0 aliphatic heterocycles. The summed E-state index contributed by atoms with van der Waals surface area (Å²) in [5.74, 6) is 1.83. The van der Waals surface area contributed by atoms with E-state index in [1.165, 1.54) is 0 Å². The summed E-state index contributed by atoms with van der Waals surface area (Å²) in [6.45, 7) is 0. The average Bonchev–Trinajstić information content (AvgIpc) is 2.54. The number of aromatic nitrogens is 3. The molecule has 0 saturated heterocycles. The molecule has 0 saturated carbocycles. The highest BCUT2D eigenvalue weighted by molar-refractivity contribution is 6.33. The number of pyridine rings is 1. The topological polar surface area (TPSA) is 59.9 Å². The molecule has 2 heterocycles. The van der Waals surface area contributed by atoms with Crippen molar-refractivity contribution in [1.29, 1.82) is 0 Å². The summed E-state index contributed by atoms with van der Waals surface area (Å²) in [7, 11) is 3.39. The van der Waals surface area contributed by atoms with Gasteiger partial charge in [0.1, 0.15) is 11.3 Å². The summed E-state index contributed by atoms with van der Waals surface area (Å²) >= 11 is 6.18. The molecule has 0 bridgehead atoms. The monoisotopic (exact) mass is 300 g/mol. The number of halogens is 1. The first-order valence-electron chi connectivity index (χ1n) is 6.37. The highest BCUT2D eigenvalue weighted by atomic mass is 35.5. The molecule has 0 aliphatic rings. The van der Waals surface area contributed by atoms with Crippen LogP contribution in [0.1, 0.15) is 0 Å². The third kappa shape index (κ3) is 2.36. The smallest absolute Gasteiger partial charge is 0.163 e. The Bertz CT molecular complexity index is 793. The van der Waals surface area contributed by atoms with E-state index < -0.39 is 0 Å². The predicted molar refractivity (Wildman–Crippen MR) is 83.9 cm³/mol. The Balaban J connectivity index is 2.34. The normalized spacial score (nSPS) is 10.6. The maximum atomic E-state index is 6.18. The number of anilines is 1. The van der Waals surface area contributed by atoms with Gasteiger partial charge in [-0.1, -0.05) is 11.6 Å². The van der Waals surface area contributed by atoms with Crippen molar-refractivity contribution in [2.75, 3.05) is 19.5 Å². The first-order chi connectivity index (χ1) is 10.2. The molecule has 0 fully saturated rings. The molecule has 0 aliphatic carbocycles. The maximum Gasteiger partial charge on any atom is 0.163 e. The van der Waals surface area contributed by atoms with Crippen molar-refractivity contribution < 1.29 is 4.74 Å². The Morgan fingerprint density at radius 3 is 2.71 bits per heavy atom. The number of benzene rings is 1. The SMILES string of the molecule is CNc1nc(-c2cccnc2)nc2c(OC)c(Cl)ccc12. The minimum Gasteiger partial charge on any atom is -0.493 e. The van der Waals surface area contributed by atoms with E-state index in [1.54, 1.807) is 25.6 Å². The first-order valence-corrected chi connectivity index (χ1v) is 6.74. The summed E-state index contributed by atoms with van der Waals surface area (Å²) in [5, 5.41) is 4.45. The quantitative estimate of drug-likeness (QED) is 0.803. The second-order valence-electron chi connectivity index (χ2n) is 4.36. The second-order valence-corrected chi connectivity index (χ2v) is 4.77. The van der Waals surface area contributed by atoms with Crippen LogP contribution in [0, 0.1) is 0 Å². The van der Waals surface area contributed by atoms with Gasteiger partial charge in [-0.15, -0.1) is 0 Å². The minimum absolute atomic E-state index is 0.517. The number of nitrogens with zero attached hydrogens (tertiary/aromatic N) is 3. The zero-order chi connectivity index (χ0) is 14.8. The molecule has 1 aromatic carbocycles. The van der Waals surface area contributed by atoms with E-state index in [2.05, 4.69) is 20.3 Å². The third-order valence-corrected chi connectivity index (χ3v) is 3.43. The standard InChI is InChI=1S/C15H13ClN4O/c1-17-15-10-5-6-11(16)13(21-2)12(10)19-14(20-15)9-4-3-7-18-8-9/h3-8H,1-2H3,(H,17,19,20). The van der Waals surface area contributed by atoms with Crippen LogP contribution in [-0.4, -0.2) is 29.1 Å². The van der Waals surface area contributed by atoms with Gasteiger partial charge in [-0.2, -0.15) is 0 Å². The zero-order valence-corrected chi connectivity index (χ0v) is 12.3. The van der Waals surface area contributed by atoms with Gasteiger partial charge in [0.2, 0.25) is 0 Å². The Hall–Kier alpha value is -2.40. The Morgan fingerprint density at radius 1 is 1.19 bits per heavy atom. The van der Waals surface area contributed by atoms with Crippen LogP contribution in [0.15, 0.2) is 36.7 Å². The fourth-order valence-electron chi connectivity index (χ4n) is 2.15. The predicted octanol–water partition coefficient (Wildman–Crippen LogP) is 3.40. The van der Waals surface area contributed by atoms with E-state index in [-0.39, 0.29) is 0 Å². The maximum absolute atomic E-state index is 6.18. The zero-order valence-electron chi connectivity index (χ0n) is 11.6. The summed E-state index contributed by atoms with van der Waals surface area (Å²) in [6.07, 6.45) is 3.43. The number of hydrogen-bond acceptors (Lipinski definition) is 5. The van der Waals surface area contributed by atoms with Crippen molar-refractivity contribution in [2.24, 2.45) is 0 Å². The lowest BCUT2D eigenvalue weighted by molar-refractivity contribution is 0.419. The molecule has 3 aromatic rings. The first kappa shape index (κ1) is 13.6. The van der Waals surface area contributed by atoms with Crippen molar-refractivity contribution in [1.82, 2.24) is 15.0 Å². The van der Waals surface area contributed by atoms with Crippen LogP contribution in [0.5, 0.6) is 5.75 Å². The summed E-state index contributed by atoms with van der Waals surface area (Å²) in [4.78, 5) is 13.2. The molecule has 0 atom stereocenters. The Morgan fingerprint density at radius 2 is 2.05 bits per heavy atom. The van der Waals surface area contributed by atoms with Crippen LogP contribution in [0.2, 0.25) is 5.02 Å². The van der Waals surface area contributed by atoms with E-state index in [0.29, 0.717) is 27.9 Å². The molecular weight excluding hydrogens is 288 g/mol. The van der Waals surface area contributed by atoms with Gasteiger partial charge in [0.25, 0.3) is 0 Å². The number of hydrogen-bond donors (Lipinski definition) is 1. The van der Waals surface area contributed by atoms with Crippen LogP contribution < -0.4 is 10.1 Å². The van der Waals surface area contributed by atoms with Gasteiger partial charge in [-0.25, -0.2) is 9.97 Å². The molecule has 6 heteroatoms. The van der Waals surface area contributed by atoms with Crippen LogP contribution in [-0.2, 0) is 0 Å². The van der Waals surface area contributed by atoms with Gasteiger partial charge in [0.05, 0.1) is 12.1 Å². The molecule has 1 N–H and O–H groups in total. The highest BCUT2D eigenvalue weighted by Crippen LogP contribution is 2.35. The lowest BCUT2D eigenvalue weighted by Crippen LogP contribution is -2.00. The molecule has 2 aromatic heterocycles. The molecule has 21 heavy (non-hydrogen) atoms. The van der Waals surface area contributed by atoms with Gasteiger partial charge < -0.3 is 10.1 Å². The van der Waals surface area contributed by atoms with E-state index in [9.17, 15) is 0 Å². The van der Waals surface area contributed by atoms with Gasteiger partial charge in [0.15, 0.2) is 11.6 Å². The van der Waals surface area contributed by atoms with Crippen LogP contribution in [0.25, 0.3) is 22.3 Å². The number of fused-ring (bicyclic) bond motifs is 1. The summed E-state index contributed by atoms with van der Waals surface area (Å²) in [5.41, 5.74) is 1.50. The largest absolute Gasteiger partial charge is 0.493 e. The molecule has 5 nitrogen and oxygen atoms in total. The lowest BCUT2D eigenvalue weighted by atomic mass is 10.2. The minimum atomic E-state index is 0.517. The highest BCUT2D eigenvalue weighted by Gasteiger charge is 2.14. The third-order valence-electron chi connectivity index (χ3n) is 3.13. The fourth-order valence-corrected chi connectivity index (χ4v) is 2.38. The van der Waals surface area contributed by atoms with Crippen molar-refractivity contribution in [3.8, 4) is 17.1 Å². The molecule has 0 radical (unpaired) electrons. The van der Waals surface area contributed by atoms with E-state index >= 15 is 0 Å². The summed E-state index contributed by atoms with van der Waals surface area (Å²) < 4.78 is 5.38. The van der Waals surface area contributed by atoms with E-state index in [0.717, 1.165) is 10.9 Å². The van der Waals surface area contributed by atoms with E-state index in [4.69, 9.17) is 16.3 Å². The lowest BCUT2D eigenvalue weighted by Gasteiger charge is -2.11. The van der Waals surface area contributed by atoms with Gasteiger partial charge in [-0.05, 0) is 24.3 Å². The number of methoxy groups -OCH3 is 1. The van der Waals surface area contributed by atoms with Crippen LogP contribution >= 0.6 is 11.6 Å². The second kappa shape index (κ2) is 5.54. The van der Waals surface area contributed by atoms with Crippen molar-refractivity contribution >= 4 is 28.3 Å². The summed E-state index contributed by atoms with van der Waals surface area (Å²) in [6, 6.07) is 7.40.